The van der Waals surface area contributed by atoms with Crippen molar-refractivity contribution < 1.29 is 29.3 Å². The Morgan fingerprint density at radius 2 is 1.81 bits per heavy atom. The van der Waals surface area contributed by atoms with Crippen molar-refractivity contribution in [3.8, 4) is 0 Å². The SMILES string of the molecule is C=C(C)C(=O)OC1CC(C(=O)O)C1C(=O)O. The normalized spacial score (nSPS) is 27.7. The highest BCUT2D eigenvalue weighted by atomic mass is 16.5. The Hall–Kier alpha value is -1.85. The van der Waals surface area contributed by atoms with Crippen LogP contribution in [0, 0.1) is 11.8 Å². The number of hydrogen-bond donors (Lipinski definition) is 2. The largest absolute Gasteiger partial charge is 0.481 e. The van der Waals surface area contributed by atoms with Crippen LogP contribution in [0.15, 0.2) is 12.2 Å². The first-order valence-corrected chi connectivity index (χ1v) is 4.66. The number of hydrogen-bond acceptors (Lipinski definition) is 4. The first-order valence-electron chi connectivity index (χ1n) is 4.66. The maximum absolute atomic E-state index is 11.1. The Morgan fingerprint density at radius 1 is 1.25 bits per heavy atom. The Labute approximate surface area is 91.5 Å². The first-order chi connectivity index (χ1) is 7.34. The van der Waals surface area contributed by atoms with Crippen molar-refractivity contribution in [1.82, 2.24) is 0 Å². The van der Waals surface area contributed by atoms with Crippen LogP contribution >= 0.6 is 0 Å². The number of carbonyl (C=O) groups excluding carboxylic acids is 1. The second-order valence-corrected chi connectivity index (χ2v) is 3.77. The van der Waals surface area contributed by atoms with Crippen LogP contribution in [0.1, 0.15) is 13.3 Å². The van der Waals surface area contributed by atoms with Gasteiger partial charge in [0.25, 0.3) is 0 Å². The third-order valence-electron chi connectivity index (χ3n) is 2.53. The van der Waals surface area contributed by atoms with Crippen molar-refractivity contribution in [3.63, 3.8) is 0 Å². The minimum atomic E-state index is -1.27. The van der Waals surface area contributed by atoms with Crippen molar-refractivity contribution in [2.24, 2.45) is 11.8 Å². The molecule has 0 radical (unpaired) electrons. The van der Waals surface area contributed by atoms with Gasteiger partial charge >= 0.3 is 17.9 Å². The van der Waals surface area contributed by atoms with Gasteiger partial charge in [0.05, 0.1) is 5.92 Å². The predicted octanol–water partition coefficient (Wildman–Crippen LogP) is 0.280. The summed E-state index contributed by atoms with van der Waals surface area (Å²) >= 11 is 0. The molecule has 0 aromatic carbocycles. The molecule has 0 bridgehead atoms. The molecule has 6 nitrogen and oxygen atoms in total. The summed E-state index contributed by atoms with van der Waals surface area (Å²) in [6.07, 6.45) is -0.839. The van der Waals surface area contributed by atoms with Crippen LogP contribution in [0.25, 0.3) is 0 Å². The van der Waals surface area contributed by atoms with Crippen LogP contribution < -0.4 is 0 Å². The van der Waals surface area contributed by atoms with E-state index in [9.17, 15) is 14.4 Å². The number of rotatable bonds is 4. The molecule has 6 heteroatoms. The molecule has 1 saturated carbocycles. The van der Waals surface area contributed by atoms with E-state index in [1.165, 1.54) is 6.92 Å². The lowest BCUT2D eigenvalue weighted by Crippen LogP contribution is -2.51. The lowest BCUT2D eigenvalue weighted by molar-refractivity contribution is -0.182. The van der Waals surface area contributed by atoms with E-state index in [0.29, 0.717) is 0 Å². The van der Waals surface area contributed by atoms with E-state index in [1.807, 2.05) is 0 Å². The summed E-state index contributed by atoms with van der Waals surface area (Å²) in [5, 5.41) is 17.5. The zero-order chi connectivity index (χ0) is 12.5. The van der Waals surface area contributed by atoms with E-state index in [1.54, 1.807) is 0 Å². The summed E-state index contributed by atoms with van der Waals surface area (Å²) in [6.45, 7) is 4.79. The highest BCUT2D eigenvalue weighted by molar-refractivity contribution is 5.88. The Kier molecular flexibility index (Phi) is 3.31. The monoisotopic (exact) mass is 228 g/mol. The highest BCUT2D eigenvalue weighted by Gasteiger charge is 2.52. The van der Waals surface area contributed by atoms with Crippen LogP contribution in [0.5, 0.6) is 0 Å². The van der Waals surface area contributed by atoms with E-state index in [0.717, 1.165) is 0 Å². The van der Waals surface area contributed by atoms with E-state index in [2.05, 4.69) is 6.58 Å². The molecule has 1 fully saturated rings. The third kappa shape index (κ3) is 2.21. The Balaban J connectivity index is 2.65. The van der Waals surface area contributed by atoms with E-state index in [-0.39, 0.29) is 12.0 Å². The summed E-state index contributed by atoms with van der Waals surface area (Å²) in [7, 11) is 0. The minimum Gasteiger partial charge on any atom is -0.481 e. The van der Waals surface area contributed by atoms with Gasteiger partial charge in [-0.15, -0.1) is 0 Å². The number of carboxylic acids is 2. The fraction of sp³-hybridized carbons (Fsp3) is 0.500. The lowest BCUT2D eigenvalue weighted by Gasteiger charge is -2.38. The second kappa shape index (κ2) is 4.34. The molecule has 0 spiro atoms. The maximum atomic E-state index is 11.1. The summed E-state index contributed by atoms with van der Waals surface area (Å²) in [5.74, 6) is -5.30. The van der Waals surface area contributed by atoms with Crippen molar-refractivity contribution in [2.75, 3.05) is 0 Å². The molecule has 0 saturated heterocycles. The molecule has 0 aromatic heterocycles. The molecule has 88 valence electrons. The van der Waals surface area contributed by atoms with E-state index >= 15 is 0 Å². The molecule has 0 aliphatic heterocycles. The van der Waals surface area contributed by atoms with Gasteiger partial charge in [0.2, 0.25) is 0 Å². The molecule has 0 amide bonds. The van der Waals surface area contributed by atoms with Gasteiger partial charge in [-0.05, 0) is 13.3 Å². The molecule has 3 atom stereocenters. The van der Waals surface area contributed by atoms with Crippen LogP contribution in [-0.4, -0.2) is 34.2 Å². The van der Waals surface area contributed by atoms with Crippen LogP contribution in [-0.2, 0) is 19.1 Å². The molecular formula is C10H12O6. The maximum Gasteiger partial charge on any atom is 0.333 e. The van der Waals surface area contributed by atoms with Crippen molar-refractivity contribution in [3.05, 3.63) is 12.2 Å². The summed E-state index contributed by atoms with van der Waals surface area (Å²) in [5.41, 5.74) is 0.155. The Bertz CT molecular complexity index is 358. The Morgan fingerprint density at radius 3 is 2.19 bits per heavy atom. The topological polar surface area (TPSA) is 101 Å². The zero-order valence-corrected chi connectivity index (χ0v) is 8.67. The predicted molar refractivity (Wildman–Crippen MR) is 51.6 cm³/mol. The van der Waals surface area contributed by atoms with E-state index < -0.39 is 35.8 Å². The lowest BCUT2D eigenvalue weighted by atomic mass is 9.71. The zero-order valence-electron chi connectivity index (χ0n) is 8.67. The third-order valence-corrected chi connectivity index (χ3v) is 2.53. The number of esters is 1. The number of aliphatic carboxylic acids is 2. The van der Waals surface area contributed by atoms with Gasteiger partial charge in [-0.1, -0.05) is 6.58 Å². The van der Waals surface area contributed by atoms with Crippen LogP contribution in [0.4, 0.5) is 0 Å². The molecule has 2 N–H and O–H groups in total. The van der Waals surface area contributed by atoms with Gasteiger partial charge in [0, 0.05) is 5.57 Å². The highest BCUT2D eigenvalue weighted by Crippen LogP contribution is 2.37. The number of ether oxygens (including phenoxy) is 1. The van der Waals surface area contributed by atoms with Gasteiger partial charge in [-0.3, -0.25) is 9.59 Å². The fourth-order valence-electron chi connectivity index (χ4n) is 1.55. The second-order valence-electron chi connectivity index (χ2n) is 3.77. The average molecular weight is 228 g/mol. The van der Waals surface area contributed by atoms with Gasteiger partial charge in [0.1, 0.15) is 12.0 Å². The molecule has 1 aliphatic rings. The van der Waals surface area contributed by atoms with Crippen molar-refractivity contribution in [1.29, 1.82) is 0 Å². The summed E-state index contributed by atoms with van der Waals surface area (Å²) in [6, 6.07) is 0. The molecule has 0 aromatic rings. The minimum absolute atomic E-state index is 0.0331. The summed E-state index contributed by atoms with van der Waals surface area (Å²) < 4.78 is 4.82. The molecule has 1 aliphatic carbocycles. The first kappa shape index (κ1) is 12.2. The van der Waals surface area contributed by atoms with Crippen LogP contribution in [0.3, 0.4) is 0 Å². The molecule has 3 unspecified atom stereocenters. The molecule has 0 heterocycles. The van der Waals surface area contributed by atoms with Gasteiger partial charge < -0.3 is 14.9 Å². The van der Waals surface area contributed by atoms with Gasteiger partial charge in [0.15, 0.2) is 0 Å². The van der Waals surface area contributed by atoms with Crippen LogP contribution in [0.2, 0.25) is 0 Å². The van der Waals surface area contributed by atoms with Gasteiger partial charge in [-0.25, -0.2) is 4.79 Å². The number of carboxylic acid groups (broad SMARTS) is 2. The number of carbonyl (C=O) groups is 3. The van der Waals surface area contributed by atoms with E-state index in [4.69, 9.17) is 14.9 Å². The quantitative estimate of drug-likeness (QED) is 0.529. The van der Waals surface area contributed by atoms with Crippen molar-refractivity contribution >= 4 is 17.9 Å². The van der Waals surface area contributed by atoms with Gasteiger partial charge in [-0.2, -0.15) is 0 Å². The molecule has 1 rings (SSSR count). The average Bonchev–Trinajstić information content (AvgIpc) is 2.08. The molecular weight excluding hydrogens is 216 g/mol. The van der Waals surface area contributed by atoms with Crippen molar-refractivity contribution in [2.45, 2.75) is 19.4 Å². The standard InChI is InChI=1S/C10H12O6/c1-4(2)10(15)16-6-3-5(8(11)12)7(6)9(13)14/h5-7H,1,3H2,2H3,(H,11,12)(H,13,14). The smallest absolute Gasteiger partial charge is 0.333 e. The summed E-state index contributed by atoms with van der Waals surface area (Å²) in [4.78, 5) is 32.5. The fourth-order valence-corrected chi connectivity index (χ4v) is 1.55. The molecule has 16 heavy (non-hydrogen) atoms.